The fraction of sp³-hybridized carbons (Fsp3) is 0.167. The van der Waals surface area contributed by atoms with Crippen molar-refractivity contribution in [2.45, 2.75) is 0 Å². The summed E-state index contributed by atoms with van der Waals surface area (Å²) in [6.07, 6.45) is 1.10. The van der Waals surface area contributed by atoms with Crippen LogP contribution >= 0.6 is 0 Å². The molecule has 0 bridgehead atoms. The van der Waals surface area contributed by atoms with Gasteiger partial charge in [-0.1, -0.05) is 0 Å². The molecule has 0 aliphatic carbocycles. The molecule has 0 aliphatic heterocycles. The van der Waals surface area contributed by atoms with Gasteiger partial charge in [-0.2, -0.15) is 0 Å². The zero-order valence-electron chi connectivity index (χ0n) is 7.27. The Bertz CT molecular complexity index is 371. The van der Waals surface area contributed by atoms with Crippen LogP contribution in [-0.4, -0.2) is 23.4 Å². The van der Waals surface area contributed by atoms with Gasteiger partial charge in [0.15, 0.2) is 0 Å². The number of pyridine rings is 1. The van der Waals surface area contributed by atoms with Crippen molar-refractivity contribution in [1.29, 1.82) is 0 Å². The molecule has 0 saturated carbocycles. The van der Waals surface area contributed by atoms with Gasteiger partial charge in [0.05, 0.1) is 6.51 Å². The number of nitrogens with zero attached hydrogens (tertiary/aromatic N) is 2. The largest absolute Gasteiger partial charge is 0.515 e. The molecular weight excluding hydrogens is 216 g/mol. The molecule has 0 atom stereocenters. The Morgan fingerprint density at radius 1 is 1.53 bits per heavy atom. The van der Waals surface area contributed by atoms with E-state index in [1.165, 1.54) is 6.07 Å². The van der Waals surface area contributed by atoms with Gasteiger partial charge in [-0.25, -0.2) is 0 Å². The second-order valence-electron chi connectivity index (χ2n) is 2.60. The summed E-state index contributed by atoms with van der Waals surface area (Å²) in [5, 5.41) is 10.3. The Kier molecular flexibility index (Phi) is 3.12. The molecule has 15 heavy (non-hydrogen) atoms. The maximum atomic E-state index is 11.8. The molecule has 82 valence electrons. The number of aromatic nitrogens is 1. The van der Waals surface area contributed by atoms with Gasteiger partial charge in [-0.3, -0.25) is 0 Å². The summed E-state index contributed by atoms with van der Waals surface area (Å²) in [6, 6.07) is 2.32. The Hall–Kier alpha value is -1.80. The van der Waals surface area contributed by atoms with Crippen LogP contribution in [0.3, 0.4) is 0 Å². The first kappa shape index (κ1) is 11.3. The molecule has 0 unspecified atom stereocenters. The molecule has 0 saturated heterocycles. The number of rotatable bonds is 4. The fourth-order valence-electron chi connectivity index (χ4n) is 0.816. The van der Waals surface area contributed by atoms with Crippen LogP contribution in [0.25, 0.3) is 0 Å². The van der Waals surface area contributed by atoms with Crippen LogP contribution in [0.4, 0.5) is 18.8 Å². The molecule has 1 heterocycles. The lowest BCUT2D eigenvalue weighted by atomic mass is 9.95. The maximum absolute atomic E-state index is 11.8. The highest BCUT2D eigenvalue weighted by Crippen LogP contribution is 2.24. The van der Waals surface area contributed by atoms with Gasteiger partial charge in [-0.15, -0.1) is 0 Å². The maximum Gasteiger partial charge on any atom is 0.515 e. The molecule has 5 nitrogen and oxygen atoms in total. The van der Waals surface area contributed by atoms with Crippen LogP contribution in [0.2, 0.25) is 0 Å². The Labute approximate surface area is 82.1 Å². The molecule has 1 aromatic rings. The summed E-state index contributed by atoms with van der Waals surface area (Å²) in [5.41, 5.74) is 0. The van der Waals surface area contributed by atoms with E-state index in [1.807, 2.05) is 0 Å². The predicted octanol–water partition coefficient (Wildman–Crippen LogP) is 1.76. The smallest absolute Gasteiger partial charge is 0.515 e. The molecular formula is C6H5BF3N2O3-. The highest BCUT2D eigenvalue weighted by Gasteiger charge is 2.26. The van der Waals surface area contributed by atoms with E-state index in [4.69, 9.17) is 0 Å². The lowest BCUT2D eigenvalue weighted by Gasteiger charge is -2.14. The third-order valence-corrected chi connectivity index (χ3v) is 1.35. The standard InChI is InChI=1S/C6H5BF3N2O3/c8-7(9,10)4-15-5-2-1-3-11-6(5)12(13)14/h1-3H,4H2/q-1. The Balaban J connectivity index is 2.81. The second-order valence-corrected chi connectivity index (χ2v) is 2.60. The summed E-state index contributed by atoms with van der Waals surface area (Å²) in [7, 11) is 0. The summed E-state index contributed by atoms with van der Waals surface area (Å²) in [6.45, 7) is -6.66. The quantitative estimate of drug-likeness (QED) is 0.441. The Morgan fingerprint density at radius 3 is 2.73 bits per heavy atom. The van der Waals surface area contributed by atoms with E-state index in [0.717, 1.165) is 12.3 Å². The third kappa shape index (κ3) is 3.45. The highest BCUT2D eigenvalue weighted by molar-refractivity contribution is 6.58. The van der Waals surface area contributed by atoms with Crippen molar-refractivity contribution >= 4 is 12.8 Å². The van der Waals surface area contributed by atoms with Crippen molar-refractivity contribution in [2.75, 3.05) is 6.51 Å². The molecule has 0 aliphatic rings. The summed E-state index contributed by atoms with van der Waals surface area (Å²) in [5.74, 6) is -1.21. The zero-order chi connectivity index (χ0) is 11.5. The van der Waals surface area contributed by atoms with Gasteiger partial charge in [0, 0.05) is 0 Å². The van der Waals surface area contributed by atoms with Gasteiger partial charge < -0.3 is 27.8 Å². The van der Waals surface area contributed by atoms with Gasteiger partial charge in [-0.05, 0) is 22.0 Å². The number of ether oxygens (including phenoxy) is 1. The first-order valence-corrected chi connectivity index (χ1v) is 3.83. The number of hydrogen-bond donors (Lipinski definition) is 0. The van der Waals surface area contributed by atoms with Crippen LogP contribution < -0.4 is 4.74 Å². The number of halogens is 3. The number of nitro groups is 1. The first-order chi connectivity index (χ1) is 6.90. The SMILES string of the molecule is O=[N+]([O-])c1ncccc1OC[B-](F)(F)F. The van der Waals surface area contributed by atoms with Crippen LogP contribution in [0.1, 0.15) is 0 Å². The molecule has 0 spiro atoms. The van der Waals surface area contributed by atoms with E-state index in [2.05, 4.69) is 9.72 Å². The molecule has 9 heteroatoms. The average Bonchev–Trinajstić information content (AvgIpc) is 2.14. The second kappa shape index (κ2) is 4.15. The predicted molar refractivity (Wildman–Crippen MR) is 45.5 cm³/mol. The van der Waals surface area contributed by atoms with E-state index in [1.54, 1.807) is 0 Å². The molecule has 0 aromatic carbocycles. The molecule has 1 aromatic heterocycles. The lowest BCUT2D eigenvalue weighted by molar-refractivity contribution is -0.390. The molecule has 0 N–H and O–H groups in total. The van der Waals surface area contributed by atoms with Crippen LogP contribution in [0.5, 0.6) is 5.75 Å². The molecule has 0 fully saturated rings. The van der Waals surface area contributed by atoms with E-state index < -0.39 is 30.0 Å². The van der Waals surface area contributed by atoms with Crippen molar-refractivity contribution in [3.05, 3.63) is 28.4 Å². The van der Waals surface area contributed by atoms with Gasteiger partial charge >= 0.3 is 12.8 Å². The van der Waals surface area contributed by atoms with Crippen LogP contribution in [-0.2, 0) is 0 Å². The fourth-order valence-corrected chi connectivity index (χ4v) is 0.816. The van der Waals surface area contributed by atoms with Crippen molar-refractivity contribution in [3.63, 3.8) is 0 Å². The van der Waals surface area contributed by atoms with Gasteiger partial charge in [0.2, 0.25) is 5.75 Å². The number of hydrogen-bond acceptors (Lipinski definition) is 4. The van der Waals surface area contributed by atoms with E-state index >= 15 is 0 Å². The first-order valence-electron chi connectivity index (χ1n) is 3.83. The normalized spacial score (nSPS) is 11.1. The monoisotopic (exact) mass is 221 g/mol. The van der Waals surface area contributed by atoms with E-state index in [0.29, 0.717) is 0 Å². The molecule has 0 amide bonds. The van der Waals surface area contributed by atoms with Crippen molar-refractivity contribution < 1.29 is 22.6 Å². The molecule has 0 radical (unpaired) electrons. The molecule has 1 rings (SSSR count). The minimum Gasteiger partial charge on any atom is -0.515 e. The minimum absolute atomic E-state index is 0.485. The van der Waals surface area contributed by atoms with Gasteiger partial charge in [0.25, 0.3) is 0 Å². The minimum atomic E-state index is -5.14. The van der Waals surface area contributed by atoms with Crippen molar-refractivity contribution in [1.82, 2.24) is 4.98 Å². The van der Waals surface area contributed by atoms with Crippen molar-refractivity contribution in [2.24, 2.45) is 0 Å². The summed E-state index contributed by atoms with van der Waals surface area (Å²) in [4.78, 5) is 12.7. The average molecular weight is 221 g/mol. The van der Waals surface area contributed by atoms with Crippen LogP contribution in [0, 0.1) is 10.1 Å². The van der Waals surface area contributed by atoms with Crippen molar-refractivity contribution in [3.8, 4) is 5.75 Å². The zero-order valence-corrected chi connectivity index (χ0v) is 7.27. The summed E-state index contributed by atoms with van der Waals surface area (Å²) < 4.78 is 39.7. The van der Waals surface area contributed by atoms with Crippen LogP contribution in [0.15, 0.2) is 18.3 Å². The third-order valence-electron chi connectivity index (χ3n) is 1.35. The van der Waals surface area contributed by atoms with E-state index in [9.17, 15) is 23.1 Å². The van der Waals surface area contributed by atoms with E-state index in [-0.39, 0.29) is 0 Å². The summed E-state index contributed by atoms with van der Waals surface area (Å²) >= 11 is 0. The Morgan fingerprint density at radius 2 is 2.20 bits per heavy atom. The highest BCUT2D eigenvalue weighted by atomic mass is 19.4. The topological polar surface area (TPSA) is 65.3 Å². The van der Waals surface area contributed by atoms with Gasteiger partial charge in [0.1, 0.15) is 6.20 Å². The lowest BCUT2D eigenvalue weighted by Crippen LogP contribution is -2.26.